The number of hydrogen-bond acceptors (Lipinski definition) is 2. The van der Waals surface area contributed by atoms with Crippen LogP contribution in [-0.4, -0.2) is 36.6 Å². The Balaban J connectivity index is 1.94. The van der Waals surface area contributed by atoms with Crippen molar-refractivity contribution in [1.29, 1.82) is 0 Å². The van der Waals surface area contributed by atoms with Gasteiger partial charge in [-0.2, -0.15) is 0 Å². The van der Waals surface area contributed by atoms with Gasteiger partial charge in [0, 0.05) is 37.8 Å². The smallest absolute Gasteiger partial charge is 0.126 e. The Bertz CT molecular complexity index is 389. The zero-order chi connectivity index (χ0) is 13.1. The Labute approximate surface area is 107 Å². The molecule has 1 N–H and O–H groups in total. The zero-order valence-corrected chi connectivity index (χ0v) is 10.9. The Morgan fingerprint density at radius 2 is 1.89 bits per heavy atom. The van der Waals surface area contributed by atoms with Crippen LogP contribution in [0.1, 0.15) is 19.4 Å². The van der Waals surface area contributed by atoms with Gasteiger partial charge in [-0.3, -0.25) is 4.90 Å². The number of piperazine rings is 1. The topological polar surface area (TPSA) is 15.3 Å². The van der Waals surface area contributed by atoms with Crippen LogP contribution in [0, 0.1) is 11.6 Å². The van der Waals surface area contributed by atoms with Crippen LogP contribution in [0.25, 0.3) is 0 Å². The molecule has 0 spiro atoms. The van der Waals surface area contributed by atoms with Gasteiger partial charge < -0.3 is 5.32 Å². The van der Waals surface area contributed by atoms with E-state index in [1.165, 1.54) is 12.1 Å². The molecule has 4 heteroatoms. The highest BCUT2D eigenvalue weighted by Gasteiger charge is 2.21. The molecule has 2 rings (SSSR count). The third kappa shape index (κ3) is 3.50. The van der Waals surface area contributed by atoms with E-state index in [2.05, 4.69) is 24.1 Å². The monoisotopic (exact) mass is 254 g/mol. The minimum Gasteiger partial charge on any atom is -0.311 e. The van der Waals surface area contributed by atoms with E-state index in [9.17, 15) is 8.78 Å². The first-order valence-corrected chi connectivity index (χ1v) is 6.47. The quantitative estimate of drug-likeness (QED) is 0.889. The van der Waals surface area contributed by atoms with E-state index in [-0.39, 0.29) is 0 Å². The largest absolute Gasteiger partial charge is 0.311 e. The molecule has 2 unspecified atom stereocenters. The van der Waals surface area contributed by atoms with Crippen molar-refractivity contribution in [2.45, 2.75) is 32.4 Å². The first-order chi connectivity index (χ1) is 8.54. The van der Waals surface area contributed by atoms with Crippen molar-refractivity contribution in [1.82, 2.24) is 10.2 Å². The van der Waals surface area contributed by atoms with Crippen LogP contribution in [0.4, 0.5) is 8.78 Å². The van der Waals surface area contributed by atoms with E-state index in [4.69, 9.17) is 0 Å². The lowest BCUT2D eigenvalue weighted by Crippen LogP contribution is -2.54. The molecule has 1 aliphatic heterocycles. The lowest BCUT2D eigenvalue weighted by Gasteiger charge is -2.37. The van der Waals surface area contributed by atoms with Crippen molar-refractivity contribution < 1.29 is 8.78 Å². The molecule has 0 aliphatic carbocycles. The summed E-state index contributed by atoms with van der Waals surface area (Å²) in [6, 6.07) is 4.70. The SMILES string of the molecule is CC1CN(CCc2cc(F)cc(F)c2)C(C)CN1. The normalized spacial score (nSPS) is 25.3. The van der Waals surface area contributed by atoms with E-state index in [1.54, 1.807) is 0 Å². The standard InChI is InChI=1S/C14H20F2N2/c1-10-9-18(11(2)8-17-10)4-3-12-5-13(15)7-14(16)6-12/h5-7,10-11,17H,3-4,8-9H2,1-2H3. The lowest BCUT2D eigenvalue weighted by atomic mass is 10.1. The van der Waals surface area contributed by atoms with E-state index in [1.807, 2.05) is 0 Å². The molecular formula is C14H20F2N2. The average molecular weight is 254 g/mol. The maximum Gasteiger partial charge on any atom is 0.126 e. The molecule has 1 heterocycles. The summed E-state index contributed by atoms with van der Waals surface area (Å²) in [6.07, 6.45) is 0.686. The van der Waals surface area contributed by atoms with Crippen molar-refractivity contribution in [2.75, 3.05) is 19.6 Å². The third-order valence-corrected chi connectivity index (χ3v) is 3.50. The van der Waals surface area contributed by atoms with Crippen LogP contribution >= 0.6 is 0 Å². The summed E-state index contributed by atoms with van der Waals surface area (Å²) in [5.41, 5.74) is 0.728. The van der Waals surface area contributed by atoms with Gasteiger partial charge in [-0.25, -0.2) is 8.78 Å². The molecule has 2 nitrogen and oxygen atoms in total. The number of nitrogens with zero attached hydrogens (tertiary/aromatic N) is 1. The number of hydrogen-bond donors (Lipinski definition) is 1. The van der Waals surface area contributed by atoms with Gasteiger partial charge in [0.15, 0.2) is 0 Å². The van der Waals surface area contributed by atoms with Gasteiger partial charge in [0.25, 0.3) is 0 Å². The van der Waals surface area contributed by atoms with E-state index in [0.29, 0.717) is 18.5 Å². The van der Waals surface area contributed by atoms with Gasteiger partial charge in [0.2, 0.25) is 0 Å². The first-order valence-electron chi connectivity index (χ1n) is 6.47. The van der Waals surface area contributed by atoms with Gasteiger partial charge in [0.1, 0.15) is 11.6 Å². The van der Waals surface area contributed by atoms with Gasteiger partial charge in [-0.05, 0) is 38.0 Å². The van der Waals surface area contributed by atoms with E-state index in [0.717, 1.165) is 31.3 Å². The molecule has 1 aromatic carbocycles. The second-order valence-corrected chi connectivity index (χ2v) is 5.18. The van der Waals surface area contributed by atoms with Crippen molar-refractivity contribution in [2.24, 2.45) is 0 Å². The Kier molecular flexibility index (Phi) is 4.30. The predicted octanol–water partition coefficient (Wildman–Crippen LogP) is 2.19. The maximum atomic E-state index is 13.1. The summed E-state index contributed by atoms with van der Waals surface area (Å²) < 4.78 is 26.1. The van der Waals surface area contributed by atoms with Gasteiger partial charge in [0.05, 0.1) is 0 Å². The third-order valence-electron chi connectivity index (χ3n) is 3.50. The molecule has 18 heavy (non-hydrogen) atoms. The van der Waals surface area contributed by atoms with Crippen molar-refractivity contribution >= 4 is 0 Å². The fraction of sp³-hybridized carbons (Fsp3) is 0.571. The van der Waals surface area contributed by atoms with Crippen molar-refractivity contribution in [3.63, 3.8) is 0 Å². The molecule has 1 aromatic rings. The van der Waals surface area contributed by atoms with E-state index >= 15 is 0 Å². The van der Waals surface area contributed by atoms with Gasteiger partial charge >= 0.3 is 0 Å². The second kappa shape index (κ2) is 5.76. The molecule has 0 saturated carbocycles. The number of nitrogens with one attached hydrogen (secondary N) is 1. The van der Waals surface area contributed by atoms with E-state index < -0.39 is 11.6 Å². The lowest BCUT2D eigenvalue weighted by molar-refractivity contribution is 0.148. The maximum absolute atomic E-state index is 13.1. The minimum absolute atomic E-state index is 0.472. The summed E-state index contributed by atoms with van der Waals surface area (Å²) in [7, 11) is 0. The predicted molar refractivity (Wildman–Crippen MR) is 68.6 cm³/mol. The molecular weight excluding hydrogens is 234 g/mol. The highest BCUT2D eigenvalue weighted by Crippen LogP contribution is 2.12. The summed E-state index contributed by atoms with van der Waals surface area (Å²) in [4.78, 5) is 2.37. The second-order valence-electron chi connectivity index (χ2n) is 5.18. The highest BCUT2D eigenvalue weighted by molar-refractivity contribution is 5.18. The Morgan fingerprint density at radius 1 is 1.22 bits per heavy atom. The van der Waals surface area contributed by atoms with Crippen LogP contribution in [0.3, 0.4) is 0 Å². The molecule has 2 atom stereocenters. The van der Waals surface area contributed by atoms with Crippen LogP contribution < -0.4 is 5.32 Å². The van der Waals surface area contributed by atoms with Crippen LogP contribution in [-0.2, 0) is 6.42 Å². The van der Waals surface area contributed by atoms with Crippen LogP contribution in [0.2, 0.25) is 0 Å². The minimum atomic E-state index is -0.494. The van der Waals surface area contributed by atoms with Crippen LogP contribution in [0.15, 0.2) is 18.2 Å². The molecule has 1 saturated heterocycles. The molecule has 0 radical (unpaired) electrons. The van der Waals surface area contributed by atoms with Crippen LogP contribution in [0.5, 0.6) is 0 Å². The zero-order valence-electron chi connectivity index (χ0n) is 10.9. The Morgan fingerprint density at radius 3 is 2.56 bits per heavy atom. The molecule has 0 aromatic heterocycles. The summed E-state index contributed by atoms with van der Waals surface area (Å²) in [5, 5.41) is 3.42. The van der Waals surface area contributed by atoms with Gasteiger partial charge in [-0.15, -0.1) is 0 Å². The molecule has 1 fully saturated rings. The Hall–Kier alpha value is -1.00. The number of benzene rings is 1. The first kappa shape index (κ1) is 13.4. The van der Waals surface area contributed by atoms with Gasteiger partial charge in [-0.1, -0.05) is 0 Å². The average Bonchev–Trinajstić information content (AvgIpc) is 2.29. The molecule has 100 valence electrons. The molecule has 0 bridgehead atoms. The fourth-order valence-electron chi connectivity index (χ4n) is 2.44. The summed E-state index contributed by atoms with van der Waals surface area (Å²) >= 11 is 0. The molecule has 0 amide bonds. The summed E-state index contributed by atoms with van der Waals surface area (Å²) in [5.74, 6) is -0.988. The van der Waals surface area contributed by atoms with Crippen molar-refractivity contribution in [3.05, 3.63) is 35.4 Å². The highest BCUT2D eigenvalue weighted by atomic mass is 19.1. The fourth-order valence-corrected chi connectivity index (χ4v) is 2.44. The van der Waals surface area contributed by atoms with Crippen molar-refractivity contribution in [3.8, 4) is 0 Å². The molecule has 1 aliphatic rings. The number of halogens is 2. The number of rotatable bonds is 3. The summed E-state index contributed by atoms with van der Waals surface area (Å²) in [6.45, 7) is 7.12.